The molecule has 0 amide bonds. The Morgan fingerprint density at radius 2 is 2.17 bits per heavy atom. The van der Waals surface area contributed by atoms with Gasteiger partial charge in [-0.3, -0.25) is 4.79 Å². The van der Waals surface area contributed by atoms with E-state index in [2.05, 4.69) is 24.9 Å². The van der Waals surface area contributed by atoms with Gasteiger partial charge in [-0.25, -0.2) is 4.98 Å². The summed E-state index contributed by atoms with van der Waals surface area (Å²) in [6.07, 6.45) is 0.908. The van der Waals surface area contributed by atoms with Crippen molar-refractivity contribution in [1.29, 1.82) is 0 Å². The Morgan fingerprint density at radius 1 is 1.38 bits per heavy atom. The summed E-state index contributed by atoms with van der Waals surface area (Å²) in [6.45, 7) is 5.14. The third kappa shape index (κ3) is 3.03. The van der Waals surface area contributed by atoms with E-state index in [0.717, 1.165) is 23.0 Å². The maximum absolute atomic E-state index is 12.7. The van der Waals surface area contributed by atoms with Crippen LogP contribution in [0.2, 0.25) is 0 Å². The molecule has 0 radical (unpaired) electrons. The van der Waals surface area contributed by atoms with E-state index in [1.165, 1.54) is 0 Å². The van der Waals surface area contributed by atoms with Crippen molar-refractivity contribution in [2.75, 3.05) is 13.2 Å². The molecule has 2 N–H and O–H groups in total. The van der Waals surface area contributed by atoms with Gasteiger partial charge >= 0.3 is 5.56 Å². The predicted octanol–water partition coefficient (Wildman–Crippen LogP) is 1.59. The minimum atomic E-state index is -0.635. The summed E-state index contributed by atoms with van der Waals surface area (Å²) < 4.78 is 7.29. The highest BCUT2D eigenvalue weighted by atomic mass is 16.5. The Kier molecular flexibility index (Phi) is 4.60. The first-order valence-electron chi connectivity index (χ1n) is 8.40. The zero-order chi connectivity index (χ0) is 17.3. The molecule has 1 aliphatic rings. The van der Waals surface area contributed by atoms with E-state index in [4.69, 9.17) is 9.84 Å². The number of rotatable bonds is 6. The molecular formula is C18H24N2O4. The molecule has 6 heteroatoms. The molecule has 130 valence electrons. The average Bonchev–Trinajstić information content (AvgIpc) is 2.54. The molecule has 1 aromatic heterocycles. The molecule has 2 aromatic rings. The van der Waals surface area contributed by atoms with Gasteiger partial charge in [-0.15, -0.1) is 0 Å². The standard InChI is InChI=1S/C18H24N2O4/c1-18(2)8-9-20-15-13(18)4-3-5-14(15)19-16(17(20)23)24-11-7-12(22)6-10-21/h3-5,12,21-22H,6-11H2,1-2H3. The molecule has 0 saturated carbocycles. The van der Waals surface area contributed by atoms with E-state index in [1.54, 1.807) is 4.57 Å². The summed E-state index contributed by atoms with van der Waals surface area (Å²) >= 11 is 0. The highest BCUT2D eigenvalue weighted by Crippen LogP contribution is 2.36. The molecule has 3 rings (SSSR count). The van der Waals surface area contributed by atoms with Crippen LogP contribution in [0.4, 0.5) is 0 Å². The fraction of sp³-hybridized carbons (Fsp3) is 0.556. The molecule has 0 aliphatic carbocycles. The topological polar surface area (TPSA) is 84.6 Å². The summed E-state index contributed by atoms with van der Waals surface area (Å²) in [4.78, 5) is 17.1. The van der Waals surface area contributed by atoms with Crippen molar-refractivity contribution >= 4 is 11.0 Å². The van der Waals surface area contributed by atoms with E-state index in [0.29, 0.717) is 19.4 Å². The van der Waals surface area contributed by atoms with Crippen molar-refractivity contribution < 1.29 is 14.9 Å². The first kappa shape index (κ1) is 16.9. The molecule has 0 bridgehead atoms. The highest BCUT2D eigenvalue weighted by molar-refractivity contribution is 5.80. The fourth-order valence-corrected chi connectivity index (χ4v) is 3.24. The van der Waals surface area contributed by atoms with Gasteiger partial charge in [0.2, 0.25) is 0 Å². The number of benzene rings is 1. The lowest BCUT2D eigenvalue weighted by Crippen LogP contribution is -2.33. The minimum Gasteiger partial charge on any atom is -0.474 e. The number of hydrogen-bond donors (Lipinski definition) is 2. The van der Waals surface area contributed by atoms with E-state index in [1.807, 2.05) is 12.1 Å². The molecule has 0 fully saturated rings. The summed E-state index contributed by atoms with van der Waals surface area (Å²) in [6, 6.07) is 5.91. The Morgan fingerprint density at radius 3 is 2.92 bits per heavy atom. The van der Waals surface area contributed by atoms with E-state index >= 15 is 0 Å². The van der Waals surface area contributed by atoms with E-state index in [9.17, 15) is 9.90 Å². The van der Waals surface area contributed by atoms with Gasteiger partial charge in [0.1, 0.15) is 0 Å². The van der Waals surface area contributed by atoms with Crippen molar-refractivity contribution in [3.63, 3.8) is 0 Å². The summed E-state index contributed by atoms with van der Waals surface area (Å²) in [5.41, 5.74) is 2.59. The van der Waals surface area contributed by atoms with Crippen molar-refractivity contribution in [3.05, 3.63) is 34.1 Å². The number of nitrogens with zero attached hydrogens (tertiary/aromatic N) is 2. The van der Waals surface area contributed by atoms with Gasteiger partial charge in [-0.2, -0.15) is 0 Å². The molecule has 2 heterocycles. The van der Waals surface area contributed by atoms with E-state index < -0.39 is 6.10 Å². The molecule has 0 saturated heterocycles. The van der Waals surface area contributed by atoms with Gasteiger partial charge in [-0.1, -0.05) is 26.0 Å². The molecule has 1 unspecified atom stereocenters. The normalized spacial score (nSPS) is 17.0. The van der Waals surface area contributed by atoms with Gasteiger partial charge < -0.3 is 19.5 Å². The van der Waals surface area contributed by atoms with Crippen LogP contribution < -0.4 is 10.3 Å². The Hall–Kier alpha value is -1.92. The van der Waals surface area contributed by atoms with Crippen molar-refractivity contribution in [2.45, 2.75) is 51.2 Å². The summed E-state index contributed by atoms with van der Waals surface area (Å²) in [7, 11) is 0. The predicted molar refractivity (Wildman–Crippen MR) is 91.5 cm³/mol. The Balaban J connectivity index is 1.93. The third-order valence-corrected chi connectivity index (χ3v) is 4.78. The number of hydrogen-bond acceptors (Lipinski definition) is 5. The first-order chi connectivity index (χ1) is 11.4. The summed E-state index contributed by atoms with van der Waals surface area (Å²) in [5.74, 6) is 0.0792. The van der Waals surface area contributed by atoms with Gasteiger partial charge in [-0.05, 0) is 29.9 Å². The SMILES string of the molecule is CC1(C)CCn2c(=O)c(OCCC(O)CCO)nc3cccc1c32. The molecule has 6 nitrogen and oxygen atoms in total. The van der Waals surface area contributed by atoms with Crippen molar-refractivity contribution in [2.24, 2.45) is 0 Å². The molecule has 1 atom stereocenters. The van der Waals surface area contributed by atoms with Crippen LogP contribution in [0, 0.1) is 0 Å². The zero-order valence-electron chi connectivity index (χ0n) is 14.2. The van der Waals surface area contributed by atoms with Crippen LogP contribution in [0.25, 0.3) is 11.0 Å². The quantitative estimate of drug-likeness (QED) is 0.839. The number of aliphatic hydroxyl groups is 2. The molecule has 0 spiro atoms. The molecular weight excluding hydrogens is 308 g/mol. The fourth-order valence-electron chi connectivity index (χ4n) is 3.24. The number of aryl methyl sites for hydroxylation is 1. The largest absolute Gasteiger partial charge is 0.474 e. The maximum atomic E-state index is 12.7. The molecule has 1 aliphatic heterocycles. The lowest BCUT2D eigenvalue weighted by Gasteiger charge is -2.32. The second kappa shape index (κ2) is 6.53. The minimum absolute atomic E-state index is 0.0183. The second-order valence-corrected chi connectivity index (χ2v) is 6.98. The van der Waals surface area contributed by atoms with Gasteiger partial charge in [0.15, 0.2) is 0 Å². The van der Waals surface area contributed by atoms with Gasteiger partial charge in [0.05, 0.1) is 23.7 Å². The van der Waals surface area contributed by atoms with Crippen molar-refractivity contribution in [3.8, 4) is 5.88 Å². The molecule has 1 aromatic carbocycles. The Labute approximate surface area is 140 Å². The van der Waals surface area contributed by atoms with Gasteiger partial charge in [0, 0.05) is 19.6 Å². The number of para-hydroxylation sites is 1. The third-order valence-electron chi connectivity index (χ3n) is 4.78. The van der Waals surface area contributed by atoms with Crippen LogP contribution in [0.1, 0.15) is 38.7 Å². The maximum Gasteiger partial charge on any atom is 0.313 e. The lowest BCUT2D eigenvalue weighted by molar-refractivity contribution is 0.107. The van der Waals surface area contributed by atoms with Crippen LogP contribution in [0.3, 0.4) is 0 Å². The highest BCUT2D eigenvalue weighted by Gasteiger charge is 2.30. The monoisotopic (exact) mass is 332 g/mol. The van der Waals surface area contributed by atoms with Crippen LogP contribution >= 0.6 is 0 Å². The van der Waals surface area contributed by atoms with Crippen LogP contribution in [0.15, 0.2) is 23.0 Å². The van der Waals surface area contributed by atoms with E-state index in [-0.39, 0.29) is 30.1 Å². The van der Waals surface area contributed by atoms with Crippen LogP contribution in [0.5, 0.6) is 5.88 Å². The number of aliphatic hydroxyl groups excluding tert-OH is 2. The lowest BCUT2D eigenvalue weighted by atomic mass is 9.79. The zero-order valence-corrected chi connectivity index (χ0v) is 14.2. The van der Waals surface area contributed by atoms with Crippen molar-refractivity contribution in [1.82, 2.24) is 9.55 Å². The first-order valence-corrected chi connectivity index (χ1v) is 8.40. The average molecular weight is 332 g/mol. The van der Waals surface area contributed by atoms with Crippen LogP contribution in [-0.4, -0.2) is 39.1 Å². The number of aromatic nitrogens is 2. The Bertz CT molecular complexity index is 797. The molecule has 24 heavy (non-hydrogen) atoms. The second-order valence-electron chi connectivity index (χ2n) is 6.98. The summed E-state index contributed by atoms with van der Waals surface area (Å²) in [5, 5.41) is 18.4. The van der Waals surface area contributed by atoms with Gasteiger partial charge in [0.25, 0.3) is 5.88 Å². The smallest absolute Gasteiger partial charge is 0.313 e. The number of ether oxygens (including phenoxy) is 1. The van der Waals surface area contributed by atoms with Crippen LogP contribution in [-0.2, 0) is 12.0 Å².